The smallest absolute Gasteiger partial charge is 0.309 e. The molecule has 2 aromatic carbocycles. The Morgan fingerprint density at radius 2 is 1.89 bits per heavy atom. The van der Waals surface area contributed by atoms with Crippen LogP contribution >= 0.6 is 0 Å². The molecule has 0 spiro atoms. The molecule has 0 aliphatic rings. The van der Waals surface area contributed by atoms with E-state index >= 15 is 0 Å². The molecule has 0 saturated carbocycles. The monoisotopic (exact) mass is 242 g/mol. The third-order valence-corrected chi connectivity index (χ3v) is 2.72. The molecule has 3 nitrogen and oxygen atoms in total. The van der Waals surface area contributed by atoms with Gasteiger partial charge < -0.3 is 9.84 Å². The second-order valence-corrected chi connectivity index (χ2v) is 3.97. The van der Waals surface area contributed by atoms with Gasteiger partial charge in [0.1, 0.15) is 5.75 Å². The summed E-state index contributed by atoms with van der Waals surface area (Å²) in [7, 11) is 1.36. The molecule has 2 aromatic rings. The average molecular weight is 242 g/mol. The van der Waals surface area contributed by atoms with Crippen molar-refractivity contribution in [1.29, 1.82) is 0 Å². The Hall–Kier alpha value is -2.29. The van der Waals surface area contributed by atoms with Crippen molar-refractivity contribution >= 4 is 5.97 Å². The highest BCUT2D eigenvalue weighted by atomic mass is 16.5. The molecule has 3 heteroatoms. The highest BCUT2D eigenvalue weighted by molar-refractivity contribution is 5.75. The third-order valence-electron chi connectivity index (χ3n) is 2.72. The van der Waals surface area contributed by atoms with Crippen LogP contribution in [0.5, 0.6) is 5.75 Å². The molecular formula is C15H14O3. The van der Waals surface area contributed by atoms with Crippen molar-refractivity contribution in [3.8, 4) is 16.9 Å². The van der Waals surface area contributed by atoms with E-state index in [2.05, 4.69) is 4.74 Å². The Labute approximate surface area is 106 Å². The molecule has 0 aromatic heterocycles. The number of rotatable bonds is 3. The van der Waals surface area contributed by atoms with E-state index in [9.17, 15) is 9.90 Å². The van der Waals surface area contributed by atoms with Crippen LogP contribution in [0.4, 0.5) is 0 Å². The molecule has 2 rings (SSSR count). The Morgan fingerprint density at radius 1 is 1.17 bits per heavy atom. The number of carbonyl (C=O) groups is 1. The van der Waals surface area contributed by atoms with Crippen LogP contribution in [0.15, 0.2) is 48.5 Å². The number of benzene rings is 2. The number of phenols is 1. The van der Waals surface area contributed by atoms with Crippen LogP contribution in [0.3, 0.4) is 0 Å². The zero-order valence-electron chi connectivity index (χ0n) is 10.1. The normalized spacial score (nSPS) is 10.1. The van der Waals surface area contributed by atoms with Crippen molar-refractivity contribution in [2.75, 3.05) is 7.11 Å². The van der Waals surface area contributed by atoms with Crippen molar-refractivity contribution in [1.82, 2.24) is 0 Å². The number of ether oxygens (including phenoxy) is 1. The van der Waals surface area contributed by atoms with Crippen LogP contribution in [0.2, 0.25) is 0 Å². The largest absolute Gasteiger partial charge is 0.507 e. The molecule has 18 heavy (non-hydrogen) atoms. The molecule has 0 unspecified atom stereocenters. The number of hydrogen-bond donors (Lipinski definition) is 1. The average Bonchev–Trinajstić information content (AvgIpc) is 2.42. The van der Waals surface area contributed by atoms with Crippen molar-refractivity contribution in [2.24, 2.45) is 0 Å². The van der Waals surface area contributed by atoms with Gasteiger partial charge >= 0.3 is 5.97 Å². The van der Waals surface area contributed by atoms with Crippen LogP contribution in [0.1, 0.15) is 5.56 Å². The minimum atomic E-state index is -0.292. The summed E-state index contributed by atoms with van der Waals surface area (Å²) in [6, 6.07) is 14.7. The van der Waals surface area contributed by atoms with Gasteiger partial charge in [-0.3, -0.25) is 4.79 Å². The number of phenolic OH excluding ortho intramolecular Hbond substituents is 1. The lowest BCUT2D eigenvalue weighted by Crippen LogP contribution is -2.04. The van der Waals surface area contributed by atoms with Gasteiger partial charge in [-0.2, -0.15) is 0 Å². The number of carbonyl (C=O) groups excluding carboxylic acids is 1. The van der Waals surface area contributed by atoms with Gasteiger partial charge in [0.15, 0.2) is 0 Å². The van der Waals surface area contributed by atoms with E-state index < -0.39 is 0 Å². The van der Waals surface area contributed by atoms with E-state index in [1.165, 1.54) is 7.11 Å². The maximum Gasteiger partial charge on any atom is 0.309 e. The fourth-order valence-electron chi connectivity index (χ4n) is 1.78. The molecule has 0 aliphatic carbocycles. The minimum Gasteiger partial charge on any atom is -0.507 e. The molecule has 1 N–H and O–H groups in total. The SMILES string of the molecule is COC(=O)Cc1ccc(O)c(-c2ccccc2)c1. The predicted octanol–water partition coefficient (Wildman–Crippen LogP) is 2.77. The van der Waals surface area contributed by atoms with E-state index in [1.54, 1.807) is 12.1 Å². The van der Waals surface area contributed by atoms with Gasteiger partial charge in [0.25, 0.3) is 0 Å². The Balaban J connectivity index is 2.36. The molecule has 0 fully saturated rings. The first-order valence-corrected chi connectivity index (χ1v) is 5.65. The summed E-state index contributed by atoms with van der Waals surface area (Å²) in [5.74, 6) is -0.0884. The van der Waals surface area contributed by atoms with Gasteiger partial charge in [-0.05, 0) is 23.3 Å². The summed E-state index contributed by atoms with van der Waals surface area (Å²) in [5.41, 5.74) is 2.46. The van der Waals surface area contributed by atoms with Gasteiger partial charge in [0.2, 0.25) is 0 Å². The molecule has 92 valence electrons. The lowest BCUT2D eigenvalue weighted by atomic mass is 10.0. The summed E-state index contributed by atoms with van der Waals surface area (Å²) in [6.07, 6.45) is 0.205. The molecule has 0 saturated heterocycles. The van der Waals surface area contributed by atoms with E-state index in [0.717, 1.165) is 16.7 Å². The summed E-state index contributed by atoms with van der Waals surface area (Å²) < 4.78 is 4.63. The lowest BCUT2D eigenvalue weighted by Gasteiger charge is -2.07. The quantitative estimate of drug-likeness (QED) is 0.842. The van der Waals surface area contributed by atoms with Crippen LogP contribution in [-0.4, -0.2) is 18.2 Å². The van der Waals surface area contributed by atoms with E-state index in [4.69, 9.17) is 0 Å². The van der Waals surface area contributed by atoms with Gasteiger partial charge in [-0.25, -0.2) is 0 Å². The highest BCUT2D eigenvalue weighted by Crippen LogP contribution is 2.29. The maximum atomic E-state index is 11.2. The standard InChI is InChI=1S/C15H14O3/c1-18-15(17)10-11-7-8-14(16)13(9-11)12-5-3-2-4-6-12/h2-9,16H,10H2,1H3. The third kappa shape index (κ3) is 2.69. The first-order valence-electron chi connectivity index (χ1n) is 5.65. The first-order chi connectivity index (χ1) is 8.70. The summed E-state index contributed by atoms with van der Waals surface area (Å²) in [5, 5.41) is 9.86. The predicted molar refractivity (Wildman–Crippen MR) is 69.3 cm³/mol. The van der Waals surface area contributed by atoms with Crippen LogP contribution in [0, 0.1) is 0 Å². The molecule has 0 heterocycles. The van der Waals surface area contributed by atoms with Crippen molar-refractivity contribution in [3.05, 3.63) is 54.1 Å². The van der Waals surface area contributed by atoms with Crippen LogP contribution < -0.4 is 0 Å². The molecule has 0 bridgehead atoms. The van der Waals surface area contributed by atoms with Gasteiger partial charge in [-0.15, -0.1) is 0 Å². The van der Waals surface area contributed by atoms with Gasteiger partial charge in [0, 0.05) is 5.56 Å². The number of methoxy groups -OCH3 is 1. The Morgan fingerprint density at radius 3 is 2.56 bits per heavy atom. The summed E-state index contributed by atoms with van der Waals surface area (Å²) in [4.78, 5) is 11.2. The second kappa shape index (κ2) is 5.36. The van der Waals surface area contributed by atoms with Crippen LogP contribution in [0.25, 0.3) is 11.1 Å². The van der Waals surface area contributed by atoms with Crippen molar-refractivity contribution in [3.63, 3.8) is 0 Å². The van der Waals surface area contributed by atoms with Crippen molar-refractivity contribution < 1.29 is 14.6 Å². The van der Waals surface area contributed by atoms with E-state index in [0.29, 0.717) is 0 Å². The van der Waals surface area contributed by atoms with E-state index in [-0.39, 0.29) is 18.1 Å². The van der Waals surface area contributed by atoms with Crippen molar-refractivity contribution in [2.45, 2.75) is 6.42 Å². The van der Waals surface area contributed by atoms with Crippen LogP contribution in [-0.2, 0) is 16.0 Å². The van der Waals surface area contributed by atoms with Gasteiger partial charge in [0.05, 0.1) is 13.5 Å². The summed E-state index contributed by atoms with van der Waals surface area (Å²) >= 11 is 0. The molecular weight excluding hydrogens is 228 g/mol. The fraction of sp³-hybridized carbons (Fsp3) is 0.133. The zero-order chi connectivity index (χ0) is 13.0. The topological polar surface area (TPSA) is 46.5 Å². The molecule has 0 aliphatic heterocycles. The Kier molecular flexibility index (Phi) is 3.63. The zero-order valence-corrected chi connectivity index (χ0v) is 10.1. The maximum absolute atomic E-state index is 11.2. The molecule has 0 amide bonds. The lowest BCUT2D eigenvalue weighted by molar-refractivity contribution is -0.139. The number of esters is 1. The van der Waals surface area contributed by atoms with E-state index in [1.807, 2.05) is 36.4 Å². The molecule has 0 atom stereocenters. The minimum absolute atomic E-state index is 0.204. The van der Waals surface area contributed by atoms with Gasteiger partial charge in [-0.1, -0.05) is 36.4 Å². The second-order valence-electron chi connectivity index (χ2n) is 3.97. The summed E-state index contributed by atoms with van der Waals surface area (Å²) in [6.45, 7) is 0. The fourth-order valence-corrected chi connectivity index (χ4v) is 1.78. The Bertz CT molecular complexity index is 547. The first kappa shape index (κ1) is 12.2. The highest BCUT2D eigenvalue weighted by Gasteiger charge is 2.08. The molecule has 0 radical (unpaired) electrons. The number of aromatic hydroxyl groups is 1. The number of hydrogen-bond acceptors (Lipinski definition) is 3.